The molecule has 0 spiro atoms. The highest BCUT2D eigenvalue weighted by atomic mass is 32.2. The van der Waals surface area contributed by atoms with Gasteiger partial charge >= 0.3 is 0 Å². The maximum Gasteiger partial charge on any atom is 0.250 e. The number of aromatic nitrogens is 1. The molecule has 0 saturated carbocycles. The van der Waals surface area contributed by atoms with Crippen molar-refractivity contribution in [3.8, 4) is 16.9 Å². The molecule has 0 aliphatic rings. The van der Waals surface area contributed by atoms with Crippen molar-refractivity contribution in [2.45, 2.75) is 51.2 Å². The van der Waals surface area contributed by atoms with Crippen LogP contribution in [0.3, 0.4) is 0 Å². The van der Waals surface area contributed by atoms with Gasteiger partial charge in [0.05, 0.1) is 12.9 Å². The summed E-state index contributed by atoms with van der Waals surface area (Å²) in [6, 6.07) is 10.0. The topological polar surface area (TPSA) is 94.5 Å². The Morgan fingerprint density at radius 1 is 1.13 bits per heavy atom. The molecule has 0 radical (unpaired) electrons. The molecule has 210 valence electrons. The number of benzene rings is 2. The highest BCUT2D eigenvalue weighted by Gasteiger charge is 2.23. The molecule has 0 aliphatic carbocycles. The van der Waals surface area contributed by atoms with Crippen molar-refractivity contribution in [1.29, 1.82) is 0 Å². The fraction of sp³-hybridized carbons (Fsp3) is 0.379. The van der Waals surface area contributed by atoms with E-state index in [1.165, 1.54) is 47.9 Å². The quantitative estimate of drug-likeness (QED) is 0.254. The lowest BCUT2D eigenvalue weighted by molar-refractivity contribution is 0.103. The van der Waals surface area contributed by atoms with Crippen molar-refractivity contribution in [2.75, 3.05) is 12.9 Å². The highest BCUT2D eigenvalue weighted by molar-refractivity contribution is 7.98. The molecule has 0 aliphatic heterocycles. The molecule has 1 aromatic heterocycles. The summed E-state index contributed by atoms with van der Waals surface area (Å²) in [4.78, 5) is 26.5. The van der Waals surface area contributed by atoms with E-state index in [-0.39, 0.29) is 44.7 Å². The monoisotopic (exact) mass is 574 g/mol. The van der Waals surface area contributed by atoms with Gasteiger partial charge < -0.3 is 9.30 Å². The third kappa shape index (κ3) is 7.58. The number of ether oxygens (including phenoxy) is 1. The number of aryl methyl sites for hydroxylation is 1. The van der Waals surface area contributed by atoms with Crippen LogP contribution in [0.5, 0.6) is 5.75 Å². The zero-order valence-corrected chi connectivity index (χ0v) is 24.9. The molecule has 1 atom stereocenters. The second-order valence-corrected chi connectivity index (χ2v) is 14.4. The first-order chi connectivity index (χ1) is 18.2. The van der Waals surface area contributed by atoms with E-state index >= 15 is 0 Å². The average molecular weight is 575 g/mol. The standard InChI is InChI=1S/C29H35FN2O5S2/c1-8-39(35,36)17-19-9-11-21(28(34)20-10-12-25(30)26(14-20)37-7)23(13-19)24-16-32(6)27(33)15-22(24)18(2)31-38-29(3,4)5/h9-16,18,31H,8,17H2,1-7H3. The minimum Gasteiger partial charge on any atom is -0.494 e. The number of hydrogen-bond donors (Lipinski definition) is 1. The van der Waals surface area contributed by atoms with Crippen molar-refractivity contribution < 1.29 is 22.3 Å². The number of nitrogens with zero attached hydrogens (tertiary/aromatic N) is 1. The van der Waals surface area contributed by atoms with Crippen LogP contribution in [0.4, 0.5) is 4.39 Å². The van der Waals surface area contributed by atoms with Gasteiger partial charge in [-0.2, -0.15) is 0 Å². The minimum atomic E-state index is -3.35. The number of nitrogens with one attached hydrogen (secondary N) is 1. The van der Waals surface area contributed by atoms with Gasteiger partial charge in [0, 0.05) is 52.5 Å². The summed E-state index contributed by atoms with van der Waals surface area (Å²) >= 11 is 1.52. The molecule has 10 heteroatoms. The van der Waals surface area contributed by atoms with E-state index in [1.54, 1.807) is 38.4 Å². The maximum atomic E-state index is 14.1. The normalized spacial score (nSPS) is 12.8. The van der Waals surface area contributed by atoms with Crippen LogP contribution in [0, 0.1) is 5.82 Å². The van der Waals surface area contributed by atoms with E-state index in [9.17, 15) is 22.4 Å². The number of carbonyl (C=O) groups excluding carboxylic acids is 1. The fourth-order valence-electron chi connectivity index (χ4n) is 3.97. The number of halogens is 1. The van der Waals surface area contributed by atoms with E-state index in [4.69, 9.17) is 4.74 Å². The van der Waals surface area contributed by atoms with Crippen LogP contribution < -0.4 is 15.0 Å². The van der Waals surface area contributed by atoms with E-state index < -0.39 is 21.4 Å². The van der Waals surface area contributed by atoms with Crippen molar-refractivity contribution in [1.82, 2.24) is 9.29 Å². The summed E-state index contributed by atoms with van der Waals surface area (Å²) in [5.41, 5.74) is 2.55. The number of carbonyl (C=O) groups is 1. The van der Waals surface area contributed by atoms with Gasteiger partial charge in [0.15, 0.2) is 27.2 Å². The molecular formula is C29H35FN2O5S2. The number of rotatable bonds is 10. The Balaban J connectivity index is 2.27. The molecule has 2 aromatic carbocycles. The smallest absolute Gasteiger partial charge is 0.250 e. The molecule has 1 unspecified atom stereocenters. The lowest BCUT2D eigenvalue weighted by Crippen LogP contribution is -2.24. The van der Waals surface area contributed by atoms with Gasteiger partial charge in [-0.25, -0.2) is 12.8 Å². The molecule has 3 rings (SSSR count). The molecule has 39 heavy (non-hydrogen) atoms. The molecule has 7 nitrogen and oxygen atoms in total. The first-order valence-electron chi connectivity index (χ1n) is 12.5. The summed E-state index contributed by atoms with van der Waals surface area (Å²) in [6.07, 6.45) is 1.66. The Kier molecular flexibility index (Phi) is 9.46. The largest absolute Gasteiger partial charge is 0.494 e. The second-order valence-electron chi connectivity index (χ2n) is 10.4. The third-order valence-electron chi connectivity index (χ3n) is 6.13. The van der Waals surface area contributed by atoms with Crippen LogP contribution in [-0.2, 0) is 22.6 Å². The van der Waals surface area contributed by atoms with Gasteiger partial charge in [0.2, 0.25) is 0 Å². The first-order valence-corrected chi connectivity index (χ1v) is 15.2. The lowest BCUT2D eigenvalue weighted by Gasteiger charge is -2.24. The predicted octanol–water partition coefficient (Wildman–Crippen LogP) is 5.46. The fourth-order valence-corrected chi connectivity index (χ4v) is 5.52. The molecule has 0 bridgehead atoms. The second kappa shape index (κ2) is 12.1. The number of ketones is 1. The molecule has 0 saturated heterocycles. The first kappa shape index (κ1) is 30.6. The number of methoxy groups -OCH3 is 1. The van der Waals surface area contributed by atoms with Crippen molar-refractivity contribution in [3.05, 3.63) is 87.1 Å². The van der Waals surface area contributed by atoms with Crippen LogP contribution in [-0.4, -0.2) is 36.4 Å². The number of sulfone groups is 1. The molecule has 0 fully saturated rings. The lowest BCUT2D eigenvalue weighted by atomic mass is 9.89. The van der Waals surface area contributed by atoms with Gasteiger partial charge in [-0.15, -0.1) is 0 Å². The molecule has 1 N–H and O–H groups in total. The Morgan fingerprint density at radius 3 is 2.44 bits per heavy atom. The average Bonchev–Trinajstić information content (AvgIpc) is 2.87. The number of hydrogen-bond acceptors (Lipinski definition) is 7. The summed E-state index contributed by atoms with van der Waals surface area (Å²) in [5.74, 6) is -1.25. The van der Waals surface area contributed by atoms with Crippen molar-refractivity contribution in [2.24, 2.45) is 7.05 Å². The number of pyridine rings is 1. The maximum absolute atomic E-state index is 14.1. The third-order valence-corrected chi connectivity index (χ3v) is 8.86. The van der Waals surface area contributed by atoms with E-state index in [2.05, 4.69) is 25.5 Å². The van der Waals surface area contributed by atoms with E-state index in [0.717, 1.165) is 0 Å². The Bertz CT molecular complexity index is 1540. The summed E-state index contributed by atoms with van der Waals surface area (Å²) in [7, 11) is -0.409. The van der Waals surface area contributed by atoms with Crippen molar-refractivity contribution in [3.63, 3.8) is 0 Å². The van der Waals surface area contributed by atoms with Crippen LogP contribution >= 0.6 is 11.9 Å². The zero-order chi connectivity index (χ0) is 29.1. The Labute approximate surface area is 233 Å². The van der Waals surface area contributed by atoms with Crippen LogP contribution in [0.1, 0.15) is 67.7 Å². The molecule has 3 aromatic rings. The van der Waals surface area contributed by atoms with Crippen LogP contribution in [0.15, 0.2) is 53.5 Å². The van der Waals surface area contributed by atoms with Gasteiger partial charge in [0.1, 0.15) is 0 Å². The summed E-state index contributed by atoms with van der Waals surface area (Å²) < 4.78 is 48.7. The van der Waals surface area contributed by atoms with Gasteiger partial charge in [-0.1, -0.05) is 31.0 Å². The zero-order valence-electron chi connectivity index (χ0n) is 23.3. The molecule has 1 heterocycles. The predicted molar refractivity (Wildman–Crippen MR) is 156 cm³/mol. The molecular weight excluding hydrogens is 539 g/mol. The molecule has 0 amide bonds. The van der Waals surface area contributed by atoms with Crippen LogP contribution in [0.2, 0.25) is 0 Å². The minimum absolute atomic E-state index is 0.0194. The highest BCUT2D eigenvalue weighted by Crippen LogP contribution is 2.34. The van der Waals surface area contributed by atoms with E-state index in [1.807, 2.05) is 6.92 Å². The summed E-state index contributed by atoms with van der Waals surface area (Å²) in [6.45, 7) is 9.70. The summed E-state index contributed by atoms with van der Waals surface area (Å²) in [5, 5.41) is 0. The Hall–Kier alpha value is -2.95. The SMILES string of the molecule is CCS(=O)(=O)Cc1ccc(C(=O)c2ccc(F)c(OC)c2)c(-c2cn(C)c(=O)cc2C(C)NSC(C)(C)C)c1. The van der Waals surface area contributed by atoms with Crippen molar-refractivity contribution >= 4 is 27.6 Å². The van der Waals surface area contributed by atoms with Crippen LogP contribution in [0.25, 0.3) is 11.1 Å². The Morgan fingerprint density at radius 2 is 1.82 bits per heavy atom. The van der Waals surface area contributed by atoms with Gasteiger partial charge in [0.25, 0.3) is 5.56 Å². The van der Waals surface area contributed by atoms with E-state index in [0.29, 0.717) is 22.3 Å². The van der Waals surface area contributed by atoms with Gasteiger partial charge in [-0.05, 0) is 68.7 Å². The van der Waals surface area contributed by atoms with Gasteiger partial charge in [-0.3, -0.25) is 14.3 Å².